The maximum atomic E-state index is 13.8. The Morgan fingerprint density at radius 2 is 1.17 bits per heavy atom. The number of imide groups is 1. The maximum absolute atomic E-state index is 13.8. The van der Waals surface area contributed by atoms with Crippen LogP contribution >= 0.6 is 0 Å². The van der Waals surface area contributed by atoms with Crippen molar-refractivity contribution in [2.45, 2.75) is 24.3 Å². The maximum Gasteiger partial charge on any atom is 0.239 e. The fourth-order valence-electron chi connectivity index (χ4n) is 5.81. The van der Waals surface area contributed by atoms with Gasteiger partial charge in [-0.25, -0.2) is 4.90 Å². The number of aromatic hydroxyl groups is 2. The van der Waals surface area contributed by atoms with Gasteiger partial charge in [0.2, 0.25) is 11.8 Å². The van der Waals surface area contributed by atoms with Gasteiger partial charge in [-0.05, 0) is 83.6 Å². The summed E-state index contributed by atoms with van der Waals surface area (Å²) in [5.74, 6) is -1.75. The van der Waals surface area contributed by atoms with E-state index < -0.39 is 33.1 Å². The van der Waals surface area contributed by atoms with Crippen LogP contribution in [0.15, 0.2) is 66.7 Å². The summed E-state index contributed by atoms with van der Waals surface area (Å²) in [6, 6.07) is 19.3. The van der Waals surface area contributed by atoms with Gasteiger partial charge in [-0.2, -0.15) is 0 Å². The number of para-hydroxylation sites is 1. The number of rotatable bonds is 3. The molecule has 0 spiro atoms. The standard InChI is InChI=1S/C28H23NO5S/c1-14-12-16(8-10-19(14)30)21-22(17-9-11-20(31)15(2)13-17)26-24-23(25(21)35(26)34)27(32)29(28(24)33)18-6-4-3-5-7-18/h3-13,23-26,30-31H,1-2H3/t23-,24+,25-,26+,35?. The van der Waals surface area contributed by atoms with Gasteiger partial charge < -0.3 is 10.2 Å². The van der Waals surface area contributed by atoms with Crippen LogP contribution in [0, 0.1) is 25.7 Å². The van der Waals surface area contributed by atoms with E-state index in [1.54, 1.807) is 62.4 Å². The molecule has 35 heavy (non-hydrogen) atoms. The first-order valence-electron chi connectivity index (χ1n) is 11.5. The Balaban J connectivity index is 1.57. The predicted octanol–water partition coefficient (Wildman–Crippen LogP) is 3.94. The minimum absolute atomic E-state index is 0.154. The number of phenolic OH excluding ortho intramolecular Hbond substituents is 2. The lowest BCUT2D eigenvalue weighted by Gasteiger charge is -2.26. The highest BCUT2D eigenvalue weighted by molar-refractivity contribution is 7.88. The topological polar surface area (TPSA) is 94.9 Å². The van der Waals surface area contributed by atoms with E-state index in [2.05, 4.69) is 0 Å². The van der Waals surface area contributed by atoms with Crippen molar-refractivity contribution in [1.29, 1.82) is 0 Å². The summed E-state index contributed by atoms with van der Waals surface area (Å²) in [5.41, 5.74) is 4.96. The van der Waals surface area contributed by atoms with Crippen LogP contribution in [0.5, 0.6) is 11.5 Å². The highest BCUT2D eigenvalue weighted by Gasteiger charge is 2.68. The van der Waals surface area contributed by atoms with E-state index in [0.29, 0.717) is 16.8 Å². The molecule has 0 aromatic heterocycles. The number of hydrogen-bond donors (Lipinski definition) is 2. The molecule has 1 unspecified atom stereocenters. The first kappa shape index (κ1) is 21.8. The number of anilines is 1. The molecule has 3 aromatic rings. The van der Waals surface area contributed by atoms with Crippen LogP contribution in [0.4, 0.5) is 5.69 Å². The third-order valence-corrected chi connectivity index (χ3v) is 9.50. The van der Waals surface area contributed by atoms with E-state index in [1.165, 1.54) is 4.90 Å². The van der Waals surface area contributed by atoms with Crippen LogP contribution in [0.1, 0.15) is 22.3 Å². The second-order valence-corrected chi connectivity index (χ2v) is 11.1. The molecular weight excluding hydrogens is 462 g/mol. The molecule has 0 aliphatic carbocycles. The van der Waals surface area contributed by atoms with Gasteiger partial charge in [0, 0.05) is 10.8 Å². The molecule has 6 rings (SSSR count). The van der Waals surface area contributed by atoms with E-state index in [9.17, 15) is 24.0 Å². The normalized spacial score (nSPS) is 27.1. The number of carbonyl (C=O) groups is 2. The van der Waals surface area contributed by atoms with Gasteiger partial charge in [0.05, 0.1) is 28.0 Å². The Labute approximate surface area is 205 Å². The molecule has 0 saturated carbocycles. The second-order valence-electron chi connectivity index (χ2n) is 9.40. The zero-order valence-electron chi connectivity index (χ0n) is 19.1. The van der Waals surface area contributed by atoms with Crippen LogP contribution < -0.4 is 4.90 Å². The van der Waals surface area contributed by atoms with Crippen molar-refractivity contribution in [2.75, 3.05) is 4.90 Å². The molecule has 2 saturated heterocycles. The third kappa shape index (κ3) is 2.97. The molecule has 3 aromatic carbocycles. The fourth-order valence-corrected chi connectivity index (χ4v) is 8.27. The number of phenols is 2. The largest absolute Gasteiger partial charge is 0.508 e. The van der Waals surface area contributed by atoms with Gasteiger partial charge in [0.15, 0.2) is 0 Å². The molecule has 6 nitrogen and oxygen atoms in total. The Morgan fingerprint density at radius 3 is 1.60 bits per heavy atom. The zero-order chi connectivity index (χ0) is 24.6. The van der Waals surface area contributed by atoms with Gasteiger partial charge in [0.25, 0.3) is 0 Å². The summed E-state index contributed by atoms with van der Waals surface area (Å²) in [5, 5.41) is 18.9. The quantitative estimate of drug-likeness (QED) is 0.548. The second kappa shape index (κ2) is 7.65. The van der Waals surface area contributed by atoms with Crippen LogP contribution in [0.3, 0.4) is 0 Å². The van der Waals surface area contributed by atoms with Crippen molar-refractivity contribution in [1.82, 2.24) is 0 Å². The number of aryl methyl sites for hydroxylation is 2. The van der Waals surface area contributed by atoms with E-state index in [-0.39, 0.29) is 23.3 Å². The predicted molar refractivity (Wildman–Crippen MR) is 134 cm³/mol. The average Bonchev–Trinajstić information content (AvgIpc) is 3.40. The Morgan fingerprint density at radius 1 is 0.714 bits per heavy atom. The van der Waals surface area contributed by atoms with Gasteiger partial charge in [-0.1, -0.05) is 30.3 Å². The summed E-state index contributed by atoms with van der Waals surface area (Å²) in [4.78, 5) is 28.5. The van der Waals surface area contributed by atoms with Gasteiger partial charge >= 0.3 is 0 Å². The van der Waals surface area contributed by atoms with E-state index in [1.807, 2.05) is 18.2 Å². The van der Waals surface area contributed by atoms with Crippen molar-refractivity contribution in [2.24, 2.45) is 11.8 Å². The number of benzene rings is 3. The van der Waals surface area contributed by atoms with E-state index in [4.69, 9.17) is 0 Å². The first-order valence-corrected chi connectivity index (χ1v) is 12.7. The smallest absolute Gasteiger partial charge is 0.239 e. The lowest BCUT2D eigenvalue weighted by molar-refractivity contribution is -0.122. The summed E-state index contributed by atoms with van der Waals surface area (Å²) < 4.78 is 13.8. The van der Waals surface area contributed by atoms with Crippen LogP contribution in [-0.4, -0.2) is 36.7 Å². The zero-order valence-corrected chi connectivity index (χ0v) is 20.0. The van der Waals surface area contributed by atoms with Gasteiger partial charge in [-0.3, -0.25) is 13.8 Å². The monoisotopic (exact) mass is 485 g/mol. The molecule has 5 atom stereocenters. The van der Waals surface area contributed by atoms with Crippen LogP contribution in [-0.2, 0) is 20.4 Å². The molecule has 0 radical (unpaired) electrons. The van der Waals surface area contributed by atoms with Crippen molar-refractivity contribution in [3.05, 3.63) is 89.0 Å². The lowest BCUT2D eigenvalue weighted by atomic mass is 9.73. The number of nitrogens with zero attached hydrogens (tertiary/aromatic N) is 1. The molecule has 3 aliphatic heterocycles. The number of amides is 2. The highest BCUT2D eigenvalue weighted by Crippen LogP contribution is 2.59. The number of carbonyl (C=O) groups excluding carboxylic acids is 2. The third-order valence-electron chi connectivity index (χ3n) is 7.44. The molecule has 2 amide bonds. The van der Waals surface area contributed by atoms with Crippen molar-refractivity contribution < 1.29 is 24.0 Å². The molecule has 2 bridgehead atoms. The van der Waals surface area contributed by atoms with Crippen molar-refractivity contribution >= 4 is 39.4 Å². The van der Waals surface area contributed by atoms with Crippen molar-refractivity contribution in [3.63, 3.8) is 0 Å². The first-order chi connectivity index (χ1) is 16.8. The Kier molecular flexibility index (Phi) is 4.76. The highest BCUT2D eigenvalue weighted by atomic mass is 32.2. The number of hydrogen-bond acceptors (Lipinski definition) is 5. The SMILES string of the molecule is Cc1cc(C2=C(c3ccc(O)c(C)c3)[C@H]3[C@H]4C(=O)N(c5ccccc5)C(=O)[C@H]4[C@@H]2S3=O)ccc1O. The average molecular weight is 486 g/mol. The molecule has 3 heterocycles. The van der Waals surface area contributed by atoms with Crippen LogP contribution in [0.2, 0.25) is 0 Å². The Bertz CT molecular complexity index is 1390. The molecule has 7 heteroatoms. The summed E-state index contributed by atoms with van der Waals surface area (Å²) >= 11 is 0. The summed E-state index contributed by atoms with van der Waals surface area (Å²) in [6.07, 6.45) is 0. The molecule has 2 N–H and O–H groups in total. The van der Waals surface area contributed by atoms with Crippen LogP contribution in [0.25, 0.3) is 11.1 Å². The van der Waals surface area contributed by atoms with Gasteiger partial charge in [0.1, 0.15) is 11.5 Å². The fraction of sp³-hybridized carbons (Fsp3) is 0.214. The molecule has 176 valence electrons. The molecule has 3 aliphatic rings. The van der Waals surface area contributed by atoms with E-state index >= 15 is 0 Å². The van der Waals surface area contributed by atoms with E-state index in [0.717, 1.165) is 22.3 Å². The minimum Gasteiger partial charge on any atom is -0.508 e. The molecular formula is C28H23NO5S. The minimum atomic E-state index is -1.48. The molecule has 2 fully saturated rings. The summed E-state index contributed by atoms with van der Waals surface area (Å²) in [7, 11) is -1.48. The summed E-state index contributed by atoms with van der Waals surface area (Å²) in [6.45, 7) is 3.58. The van der Waals surface area contributed by atoms with Crippen molar-refractivity contribution in [3.8, 4) is 11.5 Å². The number of fused-ring (bicyclic) bond motifs is 5. The Hall–Kier alpha value is -3.71. The van der Waals surface area contributed by atoms with Gasteiger partial charge in [-0.15, -0.1) is 0 Å². The lowest BCUT2D eigenvalue weighted by Crippen LogP contribution is -2.35.